The fourth-order valence-corrected chi connectivity index (χ4v) is 3.49. The first-order chi connectivity index (χ1) is 11.9. The highest BCUT2D eigenvalue weighted by atomic mass is 127. The fraction of sp³-hybridized carbons (Fsp3) is 0.375. The van der Waals surface area contributed by atoms with E-state index in [1.54, 1.807) is 7.05 Å². The molecule has 10 heteroatoms. The average Bonchev–Trinajstić information content (AvgIpc) is 3.15. The van der Waals surface area contributed by atoms with Crippen molar-refractivity contribution in [1.82, 2.24) is 15.6 Å². The number of thiazole rings is 1. The van der Waals surface area contributed by atoms with Gasteiger partial charge >= 0.3 is 6.18 Å². The number of aromatic nitrogens is 1. The summed E-state index contributed by atoms with van der Waals surface area (Å²) in [7, 11) is 1.63. The van der Waals surface area contributed by atoms with Crippen molar-refractivity contribution in [2.45, 2.75) is 31.1 Å². The maximum atomic E-state index is 12.6. The standard InChI is InChI=1S/C16H16BrF3N4S.HI/c1-21-15(22-7-14-24-13(8-25-14)16(18,19)20)23-12-6-11(12)9-2-4-10(17)5-3-9;/h2-5,8,11-12H,6-7H2,1H3,(H2,21,22,23);1H. The van der Waals surface area contributed by atoms with Gasteiger partial charge in [0.2, 0.25) is 0 Å². The lowest BCUT2D eigenvalue weighted by atomic mass is 10.1. The minimum atomic E-state index is -4.40. The third-order valence-electron chi connectivity index (χ3n) is 3.88. The Labute approximate surface area is 178 Å². The molecule has 2 aromatic rings. The molecule has 26 heavy (non-hydrogen) atoms. The van der Waals surface area contributed by atoms with Gasteiger partial charge < -0.3 is 10.6 Å². The lowest BCUT2D eigenvalue weighted by Gasteiger charge is -2.11. The minimum Gasteiger partial charge on any atom is -0.353 e. The first-order valence-corrected chi connectivity index (χ1v) is 9.28. The molecule has 1 heterocycles. The second-order valence-electron chi connectivity index (χ2n) is 5.69. The second-order valence-corrected chi connectivity index (χ2v) is 7.55. The molecule has 1 saturated carbocycles. The molecule has 0 spiro atoms. The van der Waals surface area contributed by atoms with Gasteiger partial charge in [0, 0.05) is 28.9 Å². The summed E-state index contributed by atoms with van der Waals surface area (Å²) in [6.07, 6.45) is -3.40. The van der Waals surface area contributed by atoms with Crippen molar-refractivity contribution in [2.24, 2.45) is 4.99 Å². The second kappa shape index (κ2) is 8.87. The lowest BCUT2D eigenvalue weighted by molar-refractivity contribution is -0.140. The fourth-order valence-electron chi connectivity index (χ4n) is 2.48. The highest BCUT2D eigenvalue weighted by Crippen LogP contribution is 2.41. The molecule has 0 saturated heterocycles. The zero-order valence-electron chi connectivity index (χ0n) is 13.7. The van der Waals surface area contributed by atoms with Crippen molar-refractivity contribution in [2.75, 3.05) is 7.05 Å². The van der Waals surface area contributed by atoms with E-state index in [9.17, 15) is 13.2 Å². The minimum absolute atomic E-state index is 0. The maximum absolute atomic E-state index is 12.6. The third kappa shape index (κ3) is 5.56. The van der Waals surface area contributed by atoms with Gasteiger partial charge in [-0.2, -0.15) is 13.2 Å². The first-order valence-electron chi connectivity index (χ1n) is 7.61. The van der Waals surface area contributed by atoms with Crippen molar-refractivity contribution in [3.63, 3.8) is 0 Å². The Morgan fingerprint density at radius 3 is 2.62 bits per heavy atom. The molecule has 1 aromatic heterocycles. The van der Waals surface area contributed by atoms with E-state index in [0.717, 1.165) is 27.6 Å². The Morgan fingerprint density at radius 1 is 1.35 bits per heavy atom. The predicted molar refractivity (Wildman–Crippen MR) is 111 cm³/mol. The van der Waals surface area contributed by atoms with E-state index in [-0.39, 0.29) is 36.6 Å². The number of halogens is 5. The molecule has 1 aliphatic rings. The van der Waals surface area contributed by atoms with Gasteiger partial charge in [0.1, 0.15) is 5.01 Å². The molecule has 2 N–H and O–H groups in total. The number of nitrogens with one attached hydrogen (secondary N) is 2. The highest BCUT2D eigenvalue weighted by molar-refractivity contribution is 14.0. The van der Waals surface area contributed by atoms with E-state index in [1.165, 1.54) is 5.56 Å². The first kappa shape index (κ1) is 21.4. The van der Waals surface area contributed by atoms with E-state index < -0.39 is 11.9 Å². The Bertz CT molecular complexity index is 764. The molecule has 0 aliphatic heterocycles. The van der Waals surface area contributed by atoms with Crippen molar-refractivity contribution >= 4 is 57.2 Å². The number of hydrogen-bond donors (Lipinski definition) is 2. The van der Waals surface area contributed by atoms with Crippen molar-refractivity contribution in [3.05, 3.63) is 50.4 Å². The van der Waals surface area contributed by atoms with Gasteiger partial charge in [0.15, 0.2) is 11.7 Å². The molecule has 4 nitrogen and oxygen atoms in total. The SMILES string of the molecule is CN=C(NCc1nc(C(F)(F)F)cs1)NC1CC1c1ccc(Br)cc1.I. The highest BCUT2D eigenvalue weighted by Gasteiger charge is 2.39. The lowest BCUT2D eigenvalue weighted by Crippen LogP contribution is -2.38. The van der Waals surface area contributed by atoms with E-state index >= 15 is 0 Å². The van der Waals surface area contributed by atoms with Crippen molar-refractivity contribution in [3.8, 4) is 0 Å². The van der Waals surface area contributed by atoms with Crippen LogP contribution in [-0.2, 0) is 12.7 Å². The molecule has 0 radical (unpaired) electrons. The third-order valence-corrected chi connectivity index (χ3v) is 5.26. The van der Waals surface area contributed by atoms with Gasteiger partial charge in [-0.15, -0.1) is 35.3 Å². The molecule has 1 aliphatic carbocycles. The Balaban J connectivity index is 0.00000243. The van der Waals surface area contributed by atoms with E-state index in [4.69, 9.17) is 0 Å². The summed E-state index contributed by atoms with van der Waals surface area (Å²) in [4.78, 5) is 7.72. The van der Waals surface area contributed by atoms with E-state index in [2.05, 4.69) is 48.7 Å². The Morgan fingerprint density at radius 2 is 2.04 bits per heavy atom. The number of guanidine groups is 1. The summed E-state index contributed by atoms with van der Waals surface area (Å²) in [5.41, 5.74) is 0.403. The summed E-state index contributed by atoms with van der Waals surface area (Å²) in [5, 5.41) is 7.70. The molecule has 1 fully saturated rings. The Hall–Kier alpha value is -0.880. The van der Waals surface area contributed by atoms with Gasteiger partial charge in [-0.05, 0) is 24.1 Å². The van der Waals surface area contributed by atoms with Gasteiger partial charge in [-0.3, -0.25) is 4.99 Å². The number of rotatable bonds is 4. The molecule has 2 atom stereocenters. The summed E-state index contributed by atoms with van der Waals surface area (Å²) in [6.45, 7) is 0.204. The summed E-state index contributed by atoms with van der Waals surface area (Å²) >= 11 is 4.40. The van der Waals surface area contributed by atoms with Crippen LogP contribution in [0.5, 0.6) is 0 Å². The van der Waals surface area contributed by atoms with Gasteiger partial charge in [-0.25, -0.2) is 4.98 Å². The zero-order chi connectivity index (χ0) is 18.0. The molecule has 1 aromatic carbocycles. The molecule has 0 bridgehead atoms. The van der Waals surface area contributed by atoms with Crippen LogP contribution in [0.25, 0.3) is 0 Å². The van der Waals surface area contributed by atoms with Crippen LogP contribution in [0.3, 0.4) is 0 Å². The van der Waals surface area contributed by atoms with Crippen LogP contribution in [0, 0.1) is 0 Å². The quantitative estimate of drug-likeness (QED) is 0.322. The number of nitrogens with zero attached hydrogens (tertiary/aromatic N) is 2. The molecule has 2 unspecified atom stereocenters. The average molecular weight is 561 g/mol. The topological polar surface area (TPSA) is 49.3 Å². The van der Waals surface area contributed by atoms with Gasteiger partial charge in [0.05, 0.1) is 6.54 Å². The number of aliphatic imine (C=N–C) groups is 1. The zero-order valence-corrected chi connectivity index (χ0v) is 18.4. The molecular formula is C16H17BrF3IN4S. The van der Waals surface area contributed by atoms with E-state index in [1.807, 2.05) is 12.1 Å². The van der Waals surface area contributed by atoms with Crippen LogP contribution in [0.1, 0.15) is 28.6 Å². The number of benzene rings is 1. The van der Waals surface area contributed by atoms with Crippen LogP contribution >= 0.6 is 51.2 Å². The van der Waals surface area contributed by atoms with Crippen LogP contribution < -0.4 is 10.6 Å². The maximum Gasteiger partial charge on any atom is 0.434 e. The smallest absolute Gasteiger partial charge is 0.353 e. The predicted octanol–water partition coefficient (Wildman–Crippen LogP) is 4.76. The van der Waals surface area contributed by atoms with E-state index in [0.29, 0.717) is 16.9 Å². The largest absolute Gasteiger partial charge is 0.434 e. The van der Waals surface area contributed by atoms with Crippen LogP contribution in [0.4, 0.5) is 13.2 Å². The summed E-state index contributed by atoms with van der Waals surface area (Å²) in [6, 6.07) is 8.47. The van der Waals surface area contributed by atoms with Crippen molar-refractivity contribution < 1.29 is 13.2 Å². The molecule has 142 valence electrons. The van der Waals surface area contributed by atoms with Crippen LogP contribution in [-0.4, -0.2) is 24.0 Å². The molecule has 3 rings (SSSR count). The number of alkyl halides is 3. The Kier molecular flexibility index (Phi) is 7.31. The summed E-state index contributed by atoms with van der Waals surface area (Å²) in [5.74, 6) is 0.983. The van der Waals surface area contributed by atoms with Crippen molar-refractivity contribution in [1.29, 1.82) is 0 Å². The van der Waals surface area contributed by atoms with Gasteiger partial charge in [0.25, 0.3) is 0 Å². The normalized spacial score (nSPS) is 19.7. The monoisotopic (exact) mass is 560 g/mol. The molecule has 0 amide bonds. The van der Waals surface area contributed by atoms with Crippen LogP contribution in [0.2, 0.25) is 0 Å². The summed E-state index contributed by atoms with van der Waals surface area (Å²) < 4.78 is 38.7. The van der Waals surface area contributed by atoms with Crippen LogP contribution in [0.15, 0.2) is 39.1 Å². The van der Waals surface area contributed by atoms with Gasteiger partial charge in [-0.1, -0.05) is 28.1 Å². The molecular weight excluding hydrogens is 544 g/mol. The number of hydrogen-bond acceptors (Lipinski definition) is 3.